The lowest BCUT2D eigenvalue weighted by atomic mass is 10.0. The zero-order chi connectivity index (χ0) is 21.4. The van der Waals surface area contributed by atoms with Crippen LogP contribution in [0.15, 0.2) is 39.7 Å². The van der Waals surface area contributed by atoms with Gasteiger partial charge in [-0.15, -0.1) is 0 Å². The number of carbonyl (C=O) groups is 1. The Morgan fingerprint density at radius 2 is 2.03 bits per heavy atom. The molecule has 158 valence electrons. The van der Waals surface area contributed by atoms with Gasteiger partial charge < -0.3 is 14.6 Å². The van der Waals surface area contributed by atoms with E-state index in [2.05, 4.69) is 52.0 Å². The summed E-state index contributed by atoms with van der Waals surface area (Å²) in [6.45, 7) is 4.79. The van der Waals surface area contributed by atoms with Gasteiger partial charge in [0.25, 0.3) is 11.5 Å². The predicted molar refractivity (Wildman–Crippen MR) is 114 cm³/mol. The van der Waals surface area contributed by atoms with E-state index in [1.54, 1.807) is 0 Å². The Morgan fingerprint density at radius 3 is 2.67 bits per heavy atom. The number of nitrogens with one attached hydrogen (secondary N) is 1. The zero-order valence-corrected chi connectivity index (χ0v) is 18.3. The molecule has 1 aromatic carbocycles. The first-order valence-corrected chi connectivity index (χ1v) is 10.5. The van der Waals surface area contributed by atoms with E-state index < -0.39 is 12.2 Å². The van der Waals surface area contributed by atoms with E-state index in [9.17, 15) is 14.0 Å². The summed E-state index contributed by atoms with van der Waals surface area (Å²) in [5, 5.41) is 4.11. The van der Waals surface area contributed by atoms with Crippen molar-refractivity contribution >= 4 is 27.5 Å². The van der Waals surface area contributed by atoms with Gasteiger partial charge in [0.15, 0.2) is 11.5 Å². The first-order valence-electron chi connectivity index (χ1n) is 9.75. The average molecular weight is 477 g/mol. The van der Waals surface area contributed by atoms with E-state index in [-0.39, 0.29) is 40.1 Å². The number of alkyl halides is 1. The van der Waals surface area contributed by atoms with Gasteiger partial charge in [-0.05, 0) is 33.0 Å². The maximum absolute atomic E-state index is 12.8. The molecule has 1 N–H and O–H groups in total. The van der Waals surface area contributed by atoms with Crippen LogP contribution in [-0.4, -0.2) is 45.2 Å². The normalized spacial score (nSPS) is 14.4. The van der Waals surface area contributed by atoms with Crippen LogP contribution in [0.3, 0.4) is 0 Å². The number of halogens is 2. The molecule has 1 saturated heterocycles. The van der Waals surface area contributed by atoms with Crippen LogP contribution < -0.4 is 10.3 Å². The highest BCUT2D eigenvalue weighted by atomic mass is 79.9. The van der Waals surface area contributed by atoms with Crippen molar-refractivity contribution in [3.05, 3.63) is 62.0 Å². The third kappa shape index (κ3) is 3.86. The number of hydrogen-bond donors (Lipinski definition) is 1. The van der Waals surface area contributed by atoms with Gasteiger partial charge in [0, 0.05) is 19.0 Å². The van der Waals surface area contributed by atoms with Crippen LogP contribution in [0.2, 0.25) is 0 Å². The van der Waals surface area contributed by atoms with Crippen molar-refractivity contribution in [1.29, 1.82) is 0 Å². The first kappa shape index (κ1) is 20.6. The van der Waals surface area contributed by atoms with E-state index in [4.69, 9.17) is 4.74 Å². The van der Waals surface area contributed by atoms with Crippen molar-refractivity contribution in [2.45, 2.75) is 26.4 Å². The highest BCUT2D eigenvalue weighted by Gasteiger charge is 2.34. The van der Waals surface area contributed by atoms with Crippen molar-refractivity contribution in [3.63, 3.8) is 0 Å². The van der Waals surface area contributed by atoms with Crippen molar-refractivity contribution < 1.29 is 13.9 Å². The lowest BCUT2D eigenvalue weighted by Crippen LogP contribution is -2.50. The van der Waals surface area contributed by atoms with Crippen LogP contribution in [0.25, 0.3) is 5.65 Å². The van der Waals surface area contributed by atoms with Crippen LogP contribution >= 0.6 is 15.9 Å². The van der Waals surface area contributed by atoms with Gasteiger partial charge >= 0.3 is 0 Å². The number of benzene rings is 1. The van der Waals surface area contributed by atoms with Gasteiger partial charge in [-0.3, -0.25) is 14.0 Å². The monoisotopic (exact) mass is 476 g/mol. The second kappa shape index (κ2) is 8.22. The molecular weight excluding hydrogens is 455 g/mol. The fourth-order valence-electron chi connectivity index (χ4n) is 3.41. The summed E-state index contributed by atoms with van der Waals surface area (Å²) in [5.41, 5.74) is 2.26. The number of hydrogen-bond acceptors (Lipinski definition) is 4. The Bertz CT molecular complexity index is 1130. The molecular formula is C21H22BrFN4O3. The molecule has 1 fully saturated rings. The highest BCUT2D eigenvalue weighted by molar-refractivity contribution is 9.10. The number of ether oxygens (including phenoxy) is 1. The van der Waals surface area contributed by atoms with Crippen molar-refractivity contribution in [1.82, 2.24) is 19.5 Å². The molecule has 1 aliphatic rings. The molecule has 2 aromatic heterocycles. The third-order valence-corrected chi connectivity index (χ3v) is 5.82. The summed E-state index contributed by atoms with van der Waals surface area (Å²) < 4.78 is 19.9. The topological polar surface area (TPSA) is 79.7 Å². The lowest BCUT2D eigenvalue weighted by Gasteiger charge is -2.37. The highest BCUT2D eigenvalue weighted by Crippen LogP contribution is 2.26. The van der Waals surface area contributed by atoms with Crippen LogP contribution in [0.4, 0.5) is 4.39 Å². The van der Waals surface area contributed by atoms with Gasteiger partial charge in [-0.25, -0.2) is 0 Å². The molecule has 4 rings (SSSR count). The molecule has 1 amide bonds. The van der Waals surface area contributed by atoms with Crippen LogP contribution in [0.1, 0.15) is 41.3 Å². The number of amides is 1. The zero-order valence-electron chi connectivity index (χ0n) is 16.7. The number of aromatic amines is 1. The van der Waals surface area contributed by atoms with E-state index in [1.807, 2.05) is 12.1 Å². The van der Waals surface area contributed by atoms with Gasteiger partial charge in [0.1, 0.15) is 16.8 Å². The summed E-state index contributed by atoms with van der Waals surface area (Å²) in [6, 6.07) is 9.38. The SMILES string of the molecule is CC(C)c1ccc(COc2cc(=O)n3nc(Br)c(C(=O)N4CC(CF)C4)c3[nH]2)cc1. The third-order valence-electron chi connectivity index (χ3n) is 5.26. The second-order valence-electron chi connectivity index (χ2n) is 7.81. The predicted octanol–water partition coefficient (Wildman–Crippen LogP) is 3.53. The standard InChI is InChI=1S/C21H22BrFN4O3/c1-12(2)15-5-3-13(4-6-15)11-30-16-7-17(28)27-20(24-16)18(19(22)25-27)21(29)26-9-14(8-23)10-26/h3-7,12,14,24H,8-11H2,1-2H3. The van der Waals surface area contributed by atoms with E-state index >= 15 is 0 Å². The molecule has 0 bridgehead atoms. The Kier molecular flexibility index (Phi) is 5.64. The number of likely N-dealkylation sites (tertiary alicyclic amines) is 1. The lowest BCUT2D eigenvalue weighted by molar-refractivity contribution is 0.0453. The Labute approximate surface area is 181 Å². The number of nitrogens with zero attached hydrogens (tertiary/aromatic N) is 3. The van der Waals surface area contributed by atoms with Crippen molar-refractivity contribution in [2.24, 2.45) is 5.92 Å². The summed E-state index contributed by atoms with van der Waals surface area (Å²) in [7, 11) is 0. The van der Waals surface area contributed by atoms with Gasteiger partial charge in [0.05, 0.1) is 12.7 Å². The van der Waals surface area contributed by atoms with Crippen LogP contribution in [0, 0.1) is 5.92 Å². The van der Waals surface area contributed by atoms with Crippen LogP contribution in [0.5, 0.6) is 5.88 Å². The minimum absolute atomic E-state index is 0.130. The van der Waals surface area contributed by atoms with Crippen molar-refractivity contribution in [2.75, 3.05) is 19.8 Å². The summed E-state index contributed by atoms with van der Waals surface area (Å²) in [4.78, 5) is 29.8. The molecule has 0 atom stereocenters. The minimum atomic E-state index is -0.452. The number of fused-ring (bicyclic) bond motifs is 1. The molecule has 3 aromatic rings. The molecule has 0 saturated carbocycles. The minimum Gasteiger partial charge on any atom is -0.474 e. The van der Waals surface area contributed by atoms with Crippen LogP contribution in [-0.2, 0) is 6.61 Å². The Hall–Kier alpha value is -2.68. The maximum atomic E-state index is 12.8. The average Bonchev–Trinajstić information content (AvgIpc) is 3.02. The molecule has 0 aliphatic carbocycles. The summed E-state index contributed by atoms with van der Waals surface area (Å²) >= 11 is 3.26. The van der Waals surface area contributed by atoms with Gasteiger partial charge in [-0.1, -0.05) is 38.1 Å². The van der Waals surface area contributed by atoms with Crippen molar-refractivity contribution in [3.8, 4) is 5.88 Å². The summed E-state index contributed by atoms with van der Waals surface area (Å²) in [6.07, 6.45) is 0. The molecule has 0 spiro atoms. The molecule has 30 heavy (non-hydrogen) atoms. The number of rotatable bonds is 6. The second-order valence-corrected chi connectivity index (χ2v) is 8.56. The molecule has 7 nitrogen and oxygen atoms in total. The largest absolute Gasteiger partial charge is 0.474 e. The van der Waals surface area contributed by atoms with E-state index in [0.29, 0.717) is 19.0 Å². The number of H-pyrrole nitrogens is 1. The molecule has 0 unspecified atom stereocenters. The smallest absolute Gasteiger partial charge is 0.278 e. The van der Waals surface area contributed by atoms with E-state index in [0.717, 1.165) is 10.1 Å². The first-order chi connectivity index (χ1) is 14.4. The maximum Gasteiger partial charge on any atom is 0.278 e. The number of carbonyl (C=O) groups excluding carboxylic acids is 1. The summed E-state index contributed by atoms with van der Waals surface area (Å²) in [5.74, 6) is 0.252. The Balaban J connectivity index is 1.58. The van der Waals surface area contributed by atoms with Gasteiger partial charge in [-0.2, -0.15) is 9.61 Å². The van der Waals surface area contributed by atoms with Gasteiger partial charge in [0.2, 0.25) is 0 Å². The molecule has 9 heteroatoms. The molecule has 0 radical (unpaired) electrons. The fraction of sp³-hybridized carbons (Fsp3) is 0.381. The number of aromatic nitrogens is 3. The van der Waals surface area contributed by atoms with E-state index in [1.165, 1.54) is 16.5 Å². The molecule has 3 heterocycles. The Morgan fingerprint density at radius 1 is 1.33 bits per heavy atom. The quantitative estimate of drug-likeness (QED) is 0.589. The molecule has 1 aliphatic heterocycles. The fourth-order valence-corrected chi connectivity index (χ4v) is 3.93.